The smallest absolute Gasteiger partial charge is 0.328 e. The van der Waals surface area contributed by atoms with Crippen molar-refractivity contribution in [3.8, 4) is 11.5 Å². The van der Waals surface area contributed by atoms with Crippen LogP contribution in [0.4, 0.5) is 4.39 Å². The van der Waals surface area contributed by atoms with E-state index in [9.17, 15) is 9.18 Å². The predicted octanol–water partition coefficient (Wildman–Crippen LogP) is 4.68. The van der Waals surface area contributed by atoms with Crippen LogP contribution in [-0.4, -0.2) is 11.1 Å². The normalized spacial score (nSPS) is 10.8. The van der Waals surface area contributed by atoms with Gasteiger partial charge in [0.1, 0.15) is 5.75 Å². The number of halogens is 2. The largest absolute Gasteiger partial charge is 0.478 e. The van der Waals surface area contributed by atoms with Gasteiger partial charge in [0, 0.05) is 16.7 Å². The molecule has 1 N–H and O–H groups in total. The SMILES string of the molecule is Cc1ccc(Cl)cc1Oc1c(F)cccc1/C=C/C(=O)O. The molecule has 108 valence electrons. The summed E-state index contributed by atoms with van der Waals surface area (Å²) in [7, 11) is 0. The van der Waals surface area contributed by atoms with Crippen LogP contribution < -0.4 is 4.74 Å². The van der Waals surface area contributed by atoms with Gasteiger partial charge in [-0.05, 0) is 36.8 Å². The second-order valence-electron chi connectivity index (χ2n) is 4.34. The van der Waals surface area contributed by atoms with Gasteiger partial charge in [-0.2, -0.15) is 0 Å². The maximum atomic E-state index is 14.0. The standard InChI is InChI=1S/C16H12ClFO3/c1-10-5-7-12(17)9-14(10)21-16-11(6-8-15(19)20)3-2-4-13(16)18/h2-9H,1H3,(H,19,20)/b8-6+. The second-order valence-corrected chi connectivity index (χ2v) is 4.78. The molecule has 0 bridgehead atoms. The average molecular weight is 307 g/mol. The highest BCUT2D eigenvalue weighted by Crippen LogP contribution is 2.32. The van der Waals surface area contributed by atoms with Crippen LogP contribution in [-0.2, 0) is 4.79 Å². The molecule has 0 aliphatic carbocycles. The Morgan fingerprint density at radius 3 is 2.81 bits per heavy atom. The number of carbonyl (C=O) groups is 1. The number of para-hydroxylation sites is 1. The first kappa shape index (κ1) is 15.1. The van der Waals surface area contributed by atoms with E-state index < -0.39 is 11.8 Å². The summed E-state index contributed by atoms with van der Waals surface area (Å²) >= 11 is 5.90. The predicted molar refractivity (Wildman–Crippen MR) is 79.3 cm³/mol. The Kier molecular flexibility index (Phi) is 4.60. The summed E-state index contributed by atoms with van der Waals surface area (Å²) < 4.78 is 19.5. The Labute approximate surface area is 126 Å². The molecule has 0 radical (unpaired) electrons. The van der Waals surface area contributed by atoms with Crippen LogP contribution in [0.5, 0.6) is 11.5 Å². The molecule has 3 nitrogen and oxygen atoms in total. The van der Waals surface area contributed by atoms with Crippen molar-refractivity contribution >= 4 is 23.6 Å². The van der Waals surface area contributed by atoms with Crippen LogP contribution in [0.2, 0.25) is 5.02 Å². The Morgan fingerprint density at radius 2 is 2.10 bits per heavy atom. The first-order chi connectivity index (χ1) is 9.97. The molecule has 0 amide bonds. The maximum Gasteiger partial charge on any atom is 0.328 e. The molecule has 21 heavy (non-hydrogen) atoms. The fourth-order valence-electron chi connectivity index (χ4n) is 1.72. The molecule has 0 aliphatic rings. The van der Waals surface area contributed by atoms with Gasteiger partial charge in [0.05, 0.1) is 0 Å². The Hall–Kier alpha value is -2.33. The minimum atomic E-state index is -1.12. The maximum absolute atomic E-state index is 14.0. The average Bonchev–Trinajstić information content (AvgIpc) is 2.43. The number of aryl methyl sites for hydroxylation is 1. The molecule has 0 saturated carbocycles. The number of ether oxygens (including phenoxy) is 1. The Balaban J connectivity index is 2.43. The van der Waals surface area contributed by atoms with Crippen LogP contribution in [0.1, 0.15) is 11.1 Å². The van der Waals surface area contributed by atoms with Crippen molar-refractivity contribution in [2.75, 3.05) is 0 Å². The van der Waals surface area contributed by atoms with Crippen LogP contribution in [0, 0.1) is 12.7 Å². The minimum absolute atomic E-state index is 0.0413. The molecule has 0 saturated heterocycles. The van der Waals surface area contributed by atoms with Crippen molar-refractivity contribution in [2.24, 2.45) is 0 Å². The minimum Gasteiger partial charge on any atom is -0.478 e. The molecule has 2 rings (SSSR count). The summed E-state index contributed by atoms with van der Waals surface area (Å²) in [6.07, 6.45) is 2.20. The summed E-state index contributed by atoms with van der Waals surface area (Å²) in [6.45, 7) is 1.80. The zero-order chi connectivity index (χ0) is 15.4. The first-order valence-electron chi connectivity index (χ1n) is 6.11. The van der Waals surface area contributed by atoms with Crippen LogP contribution >= 0.6 is 11.6 Å². The van der Waals surface area contributed by atoms with E-state index in [1.165, 1.54) is 18.2 Å². The van der Waals surface area contributed by atoms with E-state index in [4.69, 9.17) is 21.4 Å². The van der Waals surface area contributed by atoms with Crippen LogP contribution in [0.25, 0.3) is 6.08 Å². The molecule has 0 fully saturated rings. The number of aliphatic carboxylic acids is 1. The zero-order valence-electron chi connectivity index (χ0n) is 11.1. The molecule has 2 aromatic carbocycles. The van der Waals surface area contributed by atoms with Gasteiger partial charge in [-0.25, -0.2) is 9.18 Å². The summed E-state index contributed by atoms with van der Waals surface area (Å²) in [5, 5.41) is 9.13. The van der Waals surface area contributed by atoms with Gasteiger partial charge in [-0.1, -0.05) is 29.8 Å². The molecule has 0 aromatic heterocycles. The molecule has 0 heterocycles. The first-order valence-corrected chi connectivity index (χ1v) is 6.48. The highest BCUT2D eigenvalue weighted by molar-refractivity contribution is 6.30. The van der Waals surface area contributed by atoms with Gasteiger partial charge in [0.15, 0.2) is 11.6 Å². The number of hydrogen-bond acceptors (Lipinski definition) is 2. The fraction of sp³-hybridized carbons (Fsp3) is 0.0625. The van der Waals surface area contributed by atoms with E-state index in [0.29, 0.717) is 16.3 Å². The van der Waals surface area contributed by atoms with E-state index >= 15 is 0 Å². The van der Waals surface area contributed by atoms with Gasteiger partial charge >= 0.3 is 5.97 Å². The second kappa shape index (κ2) is 6.41. The van der Waals surface area contributed by atoms with E-state index in [2.05, 4.69) is 0 Å². The lowest BCUT2D eigenvalue weighted by Crippen LogP contribution is -1.94. The van der Waals surface area contributed by atoms with Gasteiger partial charge in [0.25, 0.3) is 0 Å². The third-order valence-corrected chi connectivity index (χ3v) is 3.00. The third-order valence-electron chi connectivity index (χ3n) is 2.77. The Bertz CT molecular complexity index is 711. The molecule has 0 aliphatic heterocycles. The summed E-state index contributed by atoms with van der Waals surface area (Å²) in [4.78, 5) is 10.6. The number of benzene rings is 2. The van der Waals surface area contributed by atoms with Crippen molar-refractivity contribution in [3.05, 3.63) is 64.4 Å². The van der Waals surface area contributed by atoms with E-state index in [1.807, 2.05) is 0 Å². The zero-order valence-corrected chi connectivity index (χ0v) is 11.9. The van der Waals surface area contributed by atoms with Gasteiger partial charge in [-0.3, -0.25) is 0 Å². The van der Waals surface area contributed by atoms with Gasteiger partial charge in [0.2, 0.25) is 0 Å². The highest BCUT2D eigenvalue weighted by Gasteiger charge is 2.11. The molecule has 2 aromatic rings. The van der Waals surface area contributed by atoms with Crippen LogP contribution in [0.15, 0.2) is 42.5 Å². The lowest BCUT2D eigenvalue weighted by molar-refractivity contribution is -0.131. The van der Waals surface area contributed by atoms with Crippen LogP contribution in [0.3, 0.4) is 0 Å². The number of rotatable bonds is 4. The molecule has 5 heteroatoms. The van der Waals surface area contributed by atoms with E-state index in [1.54, 1.807) is 31.2 Å². The topological polar surface area (TPSA) is 46.5 Å². The molecular formula is C16H12ClFO3. The number of hydrogen-bond donors (Lipinski definition) is 1. The molecule has 0 unspecified atom stereocenters. The summed E-state index contributed by atoms with van der Waals surface area (Å²) in [6, 6.07) is 9.33. The number of carboxylic acid groups (broad SMARTS) is 1. The molecule has 0 spiro atoms. The van der Waals surface area contributed by atoms with Crippen molar-refractivity contribution < 1.29 is 19.0 Å². The lowest BCUT2D eigenvalue weighted by Gasteiger charge is -2.12. The van der Waals surface area contributed by atoms with Crippen molar-refractivity contribution in [2.45, 2.75) is 6.92 Å². The van der Waals surface area contributed by atoms with Gasteiger partial charge in [-0.15, -0.1) is 0 Å². The summed E-state index contributed by atoms with van der Waals surface area (Å²) in [5.74, 6) is -1.33. The molecule has 0 atom stereocenters. The van der Waals surface area contributed by atoms with E-state index in [0.717, 1.165) is 11.6 Å². The number of carboxylic acids is 1. The lowest BCUT2D eigenvalue weighted by atomic mass is 10.1. The fourth-order valence-corrected chi connectivity index (χ4v) is 1.88. The Morgan fingerprint density at radius 1 is 1.33 bits per heavy atom. The summed E-state index contributed by atoms with van der Waals surface area (Å²) in [5.41, 5.74) is 1.12. The highest BCUT2D eigenvalue weighted by atomic mass is 35.5. The quantitative estimate of drug-likeness (QED) is 0.834. The van der Waals surface area contributed by atoms with Crippen molar-refractivity contribution in [3.63, 3.8) is 0 Å². The van der Waals surface area contributed by atoms with Crippen molar-refractivity contribution in [1.29, 1.82) is 0 Å². The third kappa shape index (κ3) is 3.83. The monoisotopic (exact) mass is 306 g/mol. The van der Waals surface area contributed by atoms with E-state index in [-0.39, 0.29) is 5.75 Å². The van der Waals surface area contributed by atoms with Gasteiger partial charge < -0.3 is 9.84 Å². The van der Waals surface area contributed by atoms with Crippen molar-refractivity contribution in [1.82, 2.24) is 0 Å². The molecular weight excluding hydrogens is 295 g/mol.